The van der Waals surface area contributed by atoms with E-state index in [2.05, 4.69) is 4.90 Å². The minimum atomic E-state index is -0.437. The first-order chi connectivity index (χ1) is 9.37. The molecule has 0 aliphatic carbocycles. The van der Waals surface area contributed by atoms with Gasteiger partial charge >= 0.3 is 0 Å². The van der Waals surface area contributed by atoms with E-state index in [-0.39, 0.29) is 23.1 Å². The Morgan fingerprint density at radius 3 is 2.80 bits per heavy atom. The first-order valence-electron chi connectivity index (χ1n) is 7.05. The predicted octanol–water partition coefficient (Wildman–Crippen LogP) is 2.90. The van der Waals surface area contributed by atoms with Gasteiger partial charge in [-0.1, -0.05) is 12.1 Å². The summed E-state index contributed by atoms with van der Waals surface area (Å²) in [5.41, 5.74) is -0.00770. The molecule has 1 atom stereocenters. The SMILES string of the molecule is CC1CN(CCC(=O)c2ccccc2F)CC(C)(C)O1. The van der Waals surface area contributed by atoms with Crippen molar-refractivity contribution in [2.75, 3.05) is 19.6 Å². The van der Waals surface area contributed by atoms with E-state index in [1.165, 1.54) is 6.07 Å². The fourth-order valence-electron chi connectivity index (χ4n) is 2.84. The summed E-state index contributed by atoms with van der Waals surface area (Å²) >= 11 is 0. The van der Waals surface area contributed by atoms with Crippen molar-refractivity contribution in [3.8, 4) is 0 Å². The minimum absolute atomic E-state index is 0.139. The molecule has 20 heavy (non-hydrogen) atoms. The fraction of sp³-hybridized carbons (Fsp3) is 0.562. The lowest BCUT2D eigenvalue weighted by atomic mass is 10.0. The van der Waals surface area contributed by atoms with Crippen LogP contribution in [0.4, 0.5) is 4.39 Å². The zero-order valence-electron chi connectivity index (χ0n) is 12.4. The molecule has 0 bridgehead atoms. The number of morpholine rings is 1. The van der Waals surface area contributed by atoms with Crippen LogP contribution >= 0.6 is 0 Å². The number of ketones is 1. The first-order valence-corrected chi connectivity index (χ1v) is 7.05. The molecule has 110 valence electrons. The van der Waals surface area contributed by atoms with Crippen LogP contribution < -0.4 is 0 Å². The molecule has 0 radical (unpaired) electrons. The van der Waals surface area contributed by atoms with E-state index >= 15 is 0 Å². The van der Waals surface area contributed by atoms with Gasteiger partial charge in [-0.3, -0.25) is 9.69 Å². The molecule has 1 heterocycles. The zero-order valence-corrected chi connectivity index (χ0v) is 12.4. The second-order valence-corrected chi connectivity index (χ2v) is 6.08. The Labute approximate surface area is 119 Å². The third-order valence-electron chi connectivity index (χ3n) is 3.47. The van der Waals surface area contributed by atoms with Crippen LogP contribution in [0.3, 0.4) is 0 Å². The van der Waals surface area contributed by atoms with Gasteiger partial charge in [0.15, 0.2) is 5.78 Å². The Morgan fingerprint density at radius 1 is 1.45 bits per heavy atom. The smallest absolute Gasteiger partial charge is 0.167 e. The van der Waals surface area contributed by atoms with E-state index in [1.807, 2.05) is 20.8 Å². The molecule has 1 aliphatic rings. The molecule has 3 nitrogen and oxygen atoms in total. The number of carbonyl (C=O) groups is 1. The van der Waals surface area contributed by atoms with E-state index in [1.54, 1.807) is 18.2 Å². The number of benzene rings is 1. The third-order valence-corrected chi connectivity index (χ3v) is 3.47. The second kappa shape index (κ2) is 6.02. The van der Waals surface area contributed by atoms with Crippen LogP contribution in [0.25, 0.3) is 0 Å². The number of ether oxygens (including phenoxy) is 1. The summed E-state index contributed by atoms with van der Waals surface area (Å²) in [6.45, 7) is 8.38. The van der Waals surface area contributed by atoms with Gasteiger partial charge in [-0.05, 0) is 32.9 Å². The van der Waals surface area contributed by atoms with Crippen LogP contribution in [0.5, 0.6) is 0 Å². The van der Waals surface area contributed by atoms with Gasteiger partial charge in [0.1, 0.15) is 5.82 Å². The molecule has 0 saturated carbocycles. The number of Topliss-reactive ketones (excluding diaryl/α,β-unsaturated/α-hetero) is 1. The average molecular weight is 279 g/mol. The number of carbonyl (C=O) groups excluding carboxylic acids is 1. The highest BCUT2D eigenvalue weighted by Gasteiger charge is 2.31. The van der Waals surface area contributed by atoms with Crippen molar-refractivity contribution >= 4 is 5.78 Å². The molecule has 0 amide bonds. The lowest BCUT2D eigenvalue weighted by Crippen LogP contribution is -2.52. The summed E-state index contributed by atoms with van der Waals surface area (Å²) in [6.07, 6.45) is 0.492. The summed E-state index contributed by atoms with van der Waals surface area (Å²) in [5.74, 6) is -0.576. The highest BCUT2D eigenvalue weighted by Crippen LogP contribution is 2.21. The van der Waals surface area contributed by atoms with Gasteiger partial charge in [-0.15, -0.1) is 0 Å². The number of halogens is 1. The molecule has 1 aromatic rings. The van der Waals surface area contributed by atoms with Crippen molar-refractivity contribution in [1.29, 1.82) is 0 Å². The maximum atomic E-state index is 13.5. The highest BCUT2D eigenvalue weighted by molar-refractivity contribution is 5.96. The molecular weight excluding hydrogens is 257 g/mol. The molecular formula is C16H22FNO2. The zero-order chi connectivity index (χ0) is 14.8. The molecule has 2 rings (SSSR count). The lowest BCUT2D eigenvalue weighted by molar-refractivity contribution is -0.128. The van der Waals surface area contributed by atoms with E-state index < -0.39 is 5.82 Å². The van der Waals surface area contributed by atoms with Crippen molar-refractivity contribution in [3.05, 3.63) is 35.6 Å². The van der Waals surface area contributed by atoms with Crippen LogP contribution in [0, 0.1) is 5.82 Å². The van der Waals surface area contributed by atoms with Crippen LogP contribution in [0.15, 0.2) is 24.3 Å². The minimum Gasteiger partial charge on any atom is -0.370 e. The van der Waals surface area contributed by atoms with Gasteiger partial charge < -0.3 is 4.74 Å². The second-order valence-electron chi connectivity index (χ2n) is 6.08. The van der Waals surface area contributed by atoms with Crippen LogP contribution in [-0.4, -0.2) is 42.0 Å². The van der Waals surface area contributed by atoms with Gasteiger partial charge in [0.2, 0.25) is 0 Å². The maximum absolute atomic E-state index is 13.5. The van der Waals surface area contributed by atoms with E-state index in [0.717, 1.165) is 13.1 Å². The fourth-order valence-corrected chi connectivity index (χ4v) is 2.84. The molecule has 4 heteroatoms. The lowest BCUT2D eigenvalue weighted by Gasteiger charge is -2.41. The van der Waals surface area contributed by atoms with Gasteiger partial charge in [-0.2, -0.15) is 0 Å². The quantitative estimate of drug-likeness (QED) is 0.794. The number of hydrogen-bond donors (Lipinski definition) is 0. The van der Waals surface area contributed by atoms with Crippen molar-refractivity contribution in [2.45, 2.75) is 38.9 Å². The molecule has 0 aromatic heterocycles. The van der Waals surface area contributed by atoms with Crippen molar-refractivity contribution in [1.82, 2.24) is 4.90 Å². The molecule has 1 aromatic carbocycles. The van der Waals surface area contributed by atoms with Gasteiger partial charge in [-0.25, -0.2) is 4.39 Å². The summed E-state index contributed by atoms with van der Waals surface area (Å²) < 4.78 is 19.4. The molecule has 1 fully saturated rings. The van der Waals surface area contributed by atoms with E-state index in [4.69, 9.17) is 4.74 Å². The number of hydrogen-bond acceptors (Lipinski definition) is 3. The molecule has 1 aliphatic heterocycles. The van der Waals surface area contributed by atoms with E-state index in [0.29, 0.717) is 13.0 Å². The summed E-state index contributed by atoms with van der Waals surface area (Å²) in [7, 11) is 0. The standard InChI is InChI=1S/C16H22FNO2/c1-12-10-18(11-16(2,3)20-12)9-8-15(19)13-6-4-5-7-14(13)17/h4-7,12H,8-11H2,1-3H3. The van der Waals surface area contributed by atoms with Crippen molar-refractivity contribution in [2.24, 2.45) is 0 Å². The Kier molecular flexibility index (Phi) is 4.55. The normalized spacial score (nSPS) is 22.7. The first kappa shape index (κ1) is 15.1. The van der Waals surface area contributed by atoms with E-state index in [9.17, 15) is 9.18 Å². The number of nitrogens with zero attached hydrogens (tertiary/aromatic N) is 1. The predicted molar refractivity (Wildman–Crippen MR) is 76.4 cm³/mol. The van der Waals surface area contributed by atoms with Crippen molar-refractivity contribution in [3.63, 3.8) is 0 Å². The van der Waals surface area contributed by atoms with Gasteiger partial charge in [0.25, 0.3) is 0 Å². The van der Waals surface area contributed by atoms with Crippen LogP contribution in [0.2, 0.25) is 0 Å². The van der Waals surface area contributed by atoms with Crippen LogP contribution in [-0.2, 0) is 4.74 Å². The molecule has 1 saturated heterocycles. The van der Waals surface area contributed by atoms with Crippen molar-refractivity contribution < 1.29 is 13.9 Å². The van der Waals surface area contributed by atoms with Crippen LogP contribution in [0.1, 0.15) is 37.6 Å². The largest absolute Gasteiger partial charge is 0.370 e. The third kappa shape index (κ3) is 3.87. The Bertz CT molecular complexity index is 487. The maximum Gasteiger partial charge on any atom is 0.167 e. The molecule has 0 spiro atoms. The summed E-state index contributed by atoms with van der Waals surface area (Å²) in [6, 6.07) is 6.16. The molecule has 1 unspecified atom stereocenters. The van der Waals surface area contributed by atoms with Gasteiger partial charge in [0, 0.05) is 26.1 Å². The monoisotopic (exact) mass is 279 g/mol. The summed E-state index contributed by atoms with van der Waals surface area (Å²) in [5, 5.41) is 0. The van der Waals surface area contributed by atoms with Gasteiger partial charge in [0.05, 0.1) is 17.3 Å². The Balaban J connectivity index is 1.92. The summed E-state index contributed by atoms with van der Waals surface area (Å²) in [4.78, 5) is 14.3. The average Bonchev–Trinajstić information content (AvgIpc) is 2.34. The number of rotatable bonds is 4. The highest BCUT2D eigenvalue weighted by atomic mass is 19.1. The Hall–Kier alpha value is -1.26. The molecule has 0 N–H and O–H groups in total. The Morgan fingerprint density at radius 2 is 2.15 bits per heavy atom. The topological polar surface area (TPSA) is 29.5 Å².